The predicted molar refractivity (Wildman–Crippen MR) is 82.5 cm³/mol. The van der Waals surface area contributed by atoms with E-state index in [0.29, 0.717) is 11.5 Å². The lowest BCUT2D eigenvalue weighted by Gasteiger charge is -2.09. The largest absolute Gasteiger partial charge is 0.493 e. The number of hydrogen-bond acceptors (Lipinski definition) is 6. The summed E-state index contributed by atoms with van der Waals surface area (Å²) in [4.78, 5) is 4.44. The zero-order valence-corrected chi connectivity index (χ0v) is 12.7. The molecule has 0 aliphatic rings. The topological polar surface area (TPSA) is 53.5 Å². The molecule has 21 heavy (non-hydrogen) atoms. The quantitative estimate of drug-likeness (QED) is 0.739. The van der Waals surface area contributed by atoms with Crippen molar-refractivity contribution >= 4 is 22.6 Å². The molecule has 0 bridgehead atoms. The normalized spacial score (nSPS) is 10.6. The Morgan fingerprint density at radius 2 is 1.71 bits per heavy atom. The smallest absolute Gasteiger partial charge is 0.220 e. The molecule has 108 valence electrons. The fraction of sp³-hybridized carbons (Fsp3) is 0.200. The minimum Gasteiger partial charge on any atom is -0.493 e. The highest BCUT2D eigenvalue weighted by molar-refractivity contribution is 7.09. The fourth-order valence-corrected chi connectivity index (χ4v) is 2.76. The minimum atomic E-state index is 0.686. The van der Waals surface area contributed by atoms with Gasteiger partial charge in [-0.3, -0.25) is 0 Å². The van der Waals surface area contributed by atoms with Crippen LogP contribution in [0, 0.1) is 0 Å². The maximum atomic E-state index is 5.33. The van der Waals surface area contributed by atoms with Crippen LogP contribution in [0.15, 0.2) is 30.5 Å². The number of fused-ring (bicyclic) bond motifs is 1. The van der Waals surface area contributed by atoms with E-state index in [1.807, 2.05) is 24.3 Å². The van der Waals surface area contributed by atoms with Crippen LogP contribution in [0.4, 0.5) is 0 Å². The first kappa shape index (κ1) is 13.6. The van der Waals surface area contributed by atoms with E-state index in [1.54, 1.807) is 27.5 Å². The van der Waals surface area contributed by atoms with Crippen LogP contribution in [0.25, 0.3) is 22.2 Å². The zero-order valence-electron chi connectivity index (χ0n) is 11.9. The number of rotatable bonds is 4. The zero-order chi connectivity index (χ0) is 14.8. The lowest BCUT2D eigenvalue weighted by Crippen LogP contribution is -1.91. The molecule has 1 aromatic carbocycles. The third-order valence-electron chi connectivity index (χ3n) is 3.19. The minimum absolute atomic E-state index is 0.686. The molecule has 0 amide bonds. The van der Waals surface area contributed by atoms with Gasteiger partial charge in [-0.2, -0.15) is 4.37 Å². The predicted octanol–water partition coefficient (Wildman–Crippen LogP) is 3.38. The molecular formula is C15H14N2O3S. The van der Waals surface area contributed by atoms with E-state index in [0.717, 1.165) is 27.2 Å². The van der Waals surface area contributed by atoms with Gasteiger partial charge in [0, 0.05) is 23.3 Å². The maximum Gasteiger partial charge on any atom is 0.220 e. The summed E-state index contributed by atoms with van der Waals surface area (Å²) in [5, 5.41) is 0.726. The van der Waals surface area contributed by atoms with E-state index >= 15 is 0 Å². The summed E-state index contributed by atoms with van der Waals surface area (Å²) in [6.45, 7) is 0. The molecule has 0 saturated carbocycles. The number of nitrogens with zero attached hydrogens (tertiary/aromatic N) is 2. The van der Waals surface area contributed by atoms with Gasteiger partial charge in [-0.05, 0) is 23.8 Å². The second kappa shape index (κ2) is 5.57. The average molecular weight is 302 g/mol. The fourth-order valence-electron chi connectivity index (χ4n) is 2.12. The molecule has 0 N–H and O–H groups in total. The number of methoxy groups -OCH3 is 3. The number of benzene rings is 1. The first-order valence-electron chi connectivity index (χ1n) is 6.28. The Morgan fingerprint density at radius 3 is 2.43 bits per heavy atom. The van der Waals surface area contributed by atoms with Gasteiger partial charge in [0.15, 0.2) is 11.5 Å². The van der Waals surface area contributed by atoms with Crippen LogP contribution in [0.2, 0.25) is 0 Å². The van der Waals surface area contributed by atoms with Crippen molar-refractivity contribution in [2.75, 3.05) is 21.3 Å². The van der Waals surface area contributed by atoms with Crippen molar-refractivity contribution in [3.63, 3.8) is 0 Å². The second-order valence-corrected chi connectivity index (χ2v) is 5.07. The van der Waals surface area contributed by atoms with Gasteiger partial charge in [0.2, 0.25) is 5.06 Å². The van der Waals surface area contributed by atoms with Crippen LogP contribution in [-0.4, -0.2) is 30.7 Å². The van der Waals surface area contributed by atoms with Gasteiger partial charge in [-0.1, -0.05) is 6.07 Å². The van der Waals surface area contributed by atoms with Crippen LogP contribution in [0.3, 0.4) is 0 Å². The average Bonchev–Trinajstić information content (AvgIpc) is 2.96. The summed E-state index contributed by atoms with van der Waals surface area (Å²) in [6, 6.07) is 7.75. The van der Waals surface area contributed by atoms with Gasteiger partial charge in [0.25, 0.3) is 0 Å². The molecule has 0 radical (unpaired) electrons. The third kappa shape index (κ3) is 2.38. The van der Waals surface area contributed by atoms with Gasteiger partial charge in [0.05, 0.1) is 21.3 Å². The molecule has 0 fully saturated rings. The number of aromatic nitrogens is 2. The number of hydrogen-bond donors (Lipinski definition) is 0. The summed E-state index contributed by atoms with van der Waals surface area (Å²) in [7, 11) is 4.86. The second-order valence-electron chi connectivity index (χ2n) is 4.34. The lowest BCUT2D eigenvalue weighted by atomic mass is 10.1. The first-order chi connectivity index (χ1) is 10.3. The van der Waals surface area contributed by atoms with Crippen molar-refractivity contribution in [1.82, 2.24) is 9.36 Å². The van der Waals surface area contributed by atoms with E-state index in [4.69, 9.17) is 14.2 Å². The standard InChI is InChI=1S/C15H14N2O3S/c1-18-12-5-4-9(7-13(12)19-2)10-6-11-14(16-8-10)15(20-3)21-17-11/h4-8H,1-3H3. The Morgan fingerprint density at radius 1 is 0.905 bits per heavy atom. The van der Waals surface area contributed by atoms with Gasteiger partial charge >= 0.3 is 0 Å². The molecule has 3 rings (SSSR count). The van der Waals surface area contributed by atoms with Crippen molar-refractivity contribution in [1.29, 1.82) is 0 Å². The van der Waals surface area contributed by atoms with E-state index in [2.05, 4.69) is 9.36 Å². The van der Waals surface area contributed by atoms with E-state index in [9.17, 15) is 0 Å². The first-order valence-corrected chi connectivity index (χ1v) is 7.06. The van der Waals surface area contributed by atoms with Crippen molar-refractivity contribution in [3.05, 3.63) is 30.5 Å². The Bertz CT molecular complexity index is 786. The summed E-state index contributed by atoms with van der Waals surface area (Å²) < 4.78 is 20.2. The molecule has 0 spiro atoms. The van der Waals surface area contributed by atoms with Crippen LogP contribution >= 0.6 is 11.5 Å². The summed E-state index contributed by atoms with van der Waals surface area (Å²) in [5.74, 6) is 1.39. The van der Waals surface area contributed by atoms with Gasteiger partial charge in [-0.25, -0.2) is 4.98 Å². The van der Waals surface area contributed by atoms with Crippen molar-refractivity contribution in [2.45, 2.75) is 0 Å². The Hall–Kier alpha value is -2.34. The van der Waals surface area contributed by atoms with Crippen molar-refractivity contribution < 1.29 is 14.2 Å². The van der Waals surface area contributed by atoms with Crippen LogP contribution in [0.1, 0.15) is 0 Å². The highest BCUT2D eigenvalue weighted by Crippen LogP contribution is 2.34. The summed E-state index contributed by atoms with van der Waals surface area (Å²) in [6.07, 6.45) is 1.81. The molecule has 0 aliphatic carbocycles. The van der Waals surface area contributed by atoms with Crippen LogP contribution in [-0.2, 0) is 0 Å². The lowest BCUT2D eigenvalue weighted by molar-refractivity contribution is 0.355. The Labute approximate surface area is 126 Å². The summed E-state index contributed by atoms with van der Waals surface area (Å²) >= 11 is 1.30. The SMILES string of the molecule is COc1ccc(-c2cnc3c(OC)snc3c2)cc1OC. The molecule has 0 saturated heterocycles. The molecule has 6 heteroatoms. The molecule has 3 aromatic rings. The van der Waals surface area contributed by atoms with Gasteiger partial charge in [0.1, 0.15) is 11.0 Å². The third-order valence-corrected chi connectivity index (χ3v) is 4.00. The summed E-state index contributed by atoms with van der Waals surface area (Å²) in [5.41, 5.74) is 3.57. The van der Waals surface area contributed by atoms with Crippen molar-refractivity contribution in [2.24, 2.45) is 0 Å². The van der Waals surface area contributed by atoms with E-state index in [-0.39, 0.29) is 0 Å². The molecule has 0 atom stereocenters. The van der Waals surface area contributed by atoms with Crippen LogP contribution in [0.5, 0.6) is 16.6 Å². The molecule has 0 aliphatic heterocycles. The van der Waals surface area contributed by atoms with E-state index in [1.165, 1.54) is 11.5 Å². The monoisotopic (exact) mass is 302 g/mol. The Balaban J connectivity index is 2.07. The maximum absolute atomic E-state index is 5.33. The van der Waals surface area contributed by atoms with Gasteiger partial charge in [-0.15, -0.1) is 0 Å². The molecule has 2 aromatic heterocycles. The molecule has 0 unspecified atom stereocenters. The molecule has 5 nitrogen and oxygen atoms in total. The van der Waals surface area contributed by atoms with Crippen LogP contribution < -0.4 is 14.2 Å². The Kier molecular flexibility index (Phi) is 3.62. The highest BCUT2D eigenvalue weighted by atomic mass is 32.1. The van der Waals surface area contributed by atoms with Gasteiger partial charge < -0.3 is 14.2 Å². The van der Waals surface area contributed by atoms with Crippen molar-refractivity contribution in [3.8, 4) is 27.7 Å². The number of pyridine rings is 1. The number of ether oxygens (including phenoxy) is 3. The molecular weight excluding hydrogens is 288 g/mol. The highest BCUT2D eigenvalue weighted by Gasteiger charge is 2.11. The van der Waals surface area contributed by atoms with E-state index < -0.39 is 0 Å². The molecule has 2 heterocycles.